The summed E-state index contributed by atoms with van der Waals surface area (Å²) in [6.45, 7) is -0.378. The van der Waals surface area contributed by atoms with E-state index in [0.29, 0.717) is 13.0 Å². The van der Waals surface area contributed by atoms with Crippen LogP contribution in [0.3, 0.4) is 0 Å². The third kappa shape index (κ3) is 7.05. The third-order valence-corrected chi connectivity index (χ3v) is 3.28. The van der Waals surface area contributed by atoms with Gasteiger partial charge in [0.25, 0.3) is 0 Å². The second-order valence-corrected chi connectivity index (χ2v) is 5.27. The van der Waals surface area contributed by atoms with Gasteiger partial charge in [0, 0.05) is 0 Å². The summed E-state index contributed by atoms with van der Waals surface area (Å²) < 4.78 is 0. The number of aliphatic carboxylic acids is 1. The monoisotopic (exact) mass is 343 g/mol. The number of hydrogen-bond donors (Lipinski definition) is 6. The zero-order valence-corrected chi connectivity index (χ0v) is 13.0. The zero-order valence-electron chi connectivity index (χ0n) is 13.0. The number of nitrogens with one attached hydrogen (secondary N) is 4. The highest BCUT2D eigenvalue weighted by Gasteiger charge is 2.28. The Bertz CT molecular complexity index is 517. The molecular formula is C13H21N5O6. The number of primary amides is 1. The average Bonchev–Trinajstić information content (AvgIpc) is 3.03. The van der Waals surface area contributed by atoms with Gasteiger partial charge in [0.05, 0.1) is 19.0 Å². The average molecular weight is 343 g/mol. The first-order valence-corrected chi connectivity index (χ1v) is 7.38. The molecule has 2 atom stereocenters. The molecule has 0 aromatic carbocycles. The zero-order chi connectivity index (χ0) is 18.1. The van der Waals surface area contributed by atoms with Crippen LogP contribution in [0.15, 0.2) is 0 Å². The van der Waals surface area contributed by atoms with Crippen molar-refractivity contribution < 1.29 is 29.1 Å². The van der Waals surface area contributed by atoms with Gasteiger partial charge in [-0.2, -0.15) is 0 Å². The number of hydrogen-bond acceptors (Lipinski definition) is 6. The van der Waals surface area contributed by atoms with Crippen LogP contribution in [-0.4, -0.2) is 66.4 Å². The van der Waals surface area contributed by atoms with E-state index in [-0.39, 0.29) is 0 Å². The van der Waals surface area contributed by atoms with Crippen LogP contribution in [-0.2, 0) is 24.0 Å². The van der Waals surface area contributed by atoms with Crippen LogP contribution in [0.4, 0.5) is 0 Å². The van der Waals surface area contributed by atoms with Crippen molar-refractivity contribution in [2.75, 3.05) is 19.6 Å². The number of carboxylic acid groups (broad SMARTS) is 1. The van der Waals surface area contributed by atoms with Gasteiger partial charge < -0.3 is 32.1 Å². The lowest BCUT2D eigenvalue weighted by atomic mass is 10.1. The summed E-state index contributed by atoms with van der Waals surface area (Å²) in [5.74, 6) is -3.91. The van der Waals surface area contributed by atoms with E-state index in [2.05, 4.69) is 21.3 Å². The molecule has 1 rings (SSSR count). The second kappa shape index (κ2) is 9.45. The van der Waals surface area contributed by atoms with Crippen LogP contribution in [0.2, 0.25) is 0 Å². The molecule has 24 heavy (non-hydrogen) atoms. The quantitative estimate of drug-likeness (QED) is 0.250. The van der Waals surface area contributed by atoms with E-state index in [4.69, 9.17) is 10.8 Å². The van der Waals surface area contributed by atoms with Crippen molar-refractivity contribution in [1.29, 1.82) is 0 Å². The fourth-order valence-corrected chi connectivity index (χ4v) is 2.12. The van der Waals surface area contributed by atoms with Gasteiger partial charge in [-0.15, -0.1) is 0 Å². The minimum absolute atomic E-state index is 0.416. The summed E-state index contributed by atoms with van der Waals surface area (Å²) in [5, 5.41) is 18.1. The van der Waals surface area contributed by atoms with Crippen molar-refractivity contribution in [3.05, 3.63) is 0 Å². The van der Waals surface area contributed by atoms with Gasteiger partial charge in [-0.3, -0.25) is 24.0 Å². The molecule has 1 aliphatic heterocycles. The molecule has 4 amide bonds. The Labute approximate surface area is 137 Å². The summed E-state index contributed by atoms with van der Waals surface area (Å²) in [4.78, 5) is 56.8. The van der Waals surface area contributed by atoms with E-state index < -0.39 is 61.2 Å². The highest BCUT2D eigenvalue weighted by atomic mass is 16.4. The summed E-state index contributed by atoms with van der Waals surface area (Å²) in [6.07, 6.45) is 1.03. The normalized spacial score (nSPS) is 17.6. The molecule has 0 aromatic rings. The Morgan fingerprint density at radius 1 is 1.17 bits per heavy atom. The van der Waals surface area contributed by atoms with Crippen LogP contribution < -0.4 is 27.0 Å². The van der Waals surface area contributed by atoms with Crippen molar-refractivity contribution >= 4 is 29.6 Å². The molecule has 2 unspecified atom stereocenters. The lowest BCUT2D eigenvalue weighted by molar-refractivity contribution is -0.138. The van der Waals surface area contributed by atoms with Crippen LogP contribution in [0.25, 0.3) is 0 Å². The fourth-order valence-electron chi connectivity index (χ4n) is 2.12. The second-order valence-electron chi connectivity index (χ2n) is 5.27. The molecule has 11 nitrogen and oxygen atoms in total. The van der Waals surface area contributed by atoms with E-state index in [9.17, 15) is 24.0 Å². The summed E-state index contributed by atoms with van der Waals surface area (Å²) in [7, 11) is 0. The Hall–Kier alpha value is -2.69. The maximum absolute atomic E-state index is 12.0. The number of nitrogens with two attached hydrogens (primary N) is 1. The molecule has 1 aliphatic rings. The van der Waals surface area contributed by atoms with Crippen molar-refractivity contribution in [3.63, 3.8) is 0 Å². The standard InChI is InChI=1S/C13H21N5O6/c14-9(19)4-8(18-13(24)7-2-1-3-15-7)12(23)17-5-10(20)16-6-11(21)22/h7-8,15H,1-6H2,(H2,14,19)(H,16,20)(H,17,23)(H,18,24)(H,21,22). The minimum atomic E-state index is -1.22. The van der Waals surface area contributed by atoms with Crippen LogP contribution in [0.5, 0.6) is 0 Å². The molecule has 0 saturated carbocycles. The number of carbonyl (C=O) groups excluding carboxylic acids is 4. The Morgan fingerprint density at radius 3 is 2.42 bits per heavy atom. The summed E-state index contributed by atoms with van der Waals surface area (Å²) in [5.41, 5.74) is 5.07. The van der Waals surface area contributed by atoms with Gasteiger partial charge in [0.15, 0.2) is 0 Å². The van der Waals surface area contributed by atoms with Crippen LogP contribution in [0.1, 0.15) is 19.3 Å². The summed E-state index contributed by atoms with van der Waals surface area (Å²) >= 11 is 0. The Kier molecular flexibility index (Phi) is 7.62. The molecule has 134 valence electrons. The van der Waals surface area contributed by atoms with E-state index >= 15 is 0 Å². The Morgan fingerprint density at radius 2 is 1.88 bits per heavy atom. The number of carboxylic acids is 1. The van der Waals surface area contributed by atoms with Gasteiger partial charge in [-0.05, 0) is 19.4 Å². The first-order valence-electron chi connectivity index (χ1n) is 7.38. The van der Waals surface area contributed by atoms with Crippen molar-refractivity contribution in [2.24, 2.45) is 5.73 Å². The predicted octanol–water partition coefficient (Wildman–Crippen LogP) is -3.58. The van der Waals surface area contributed by atoms with Gasteiger partial charge in [-0.25, -0.2) is 0 Å². The molecule has 0 aliphatic carbocycles. The Balaban J connectivity index is 2.51. The number of rotatable bonds is 9. The van der Waals surface area contributed by atoms with E-state index in [0.717, 1.165) is 6.42 Å². The maximum Gasteiger partial charge on any atom is 0.322 e. The highest BCUT2D eigenvalue weighted by Crippen LogP contribution is 2.05. The molecule has 0 aromatic heterocycles. The number of carbonyl (C=O) groups is 5. The minimum Gasteiger partial charge on any atom is -0.480 e. The lowest BCUT2D eigenvalue weighted by Gasteiger charge is -2.19. The third-order valence-electron chi connectivity index (χ3n) is 3.28. The molecule has 7 N–H and O–H groups in total. The molecule has 0 bridgehead atoms. The van der Waals surface area contributed by atoms with E-state index in [1.165, 1.54) is 0 Å². The fraction of sp³-hybridized carbons (Fsp3) is 0.615. The molecule has 1 saturated heterocycles. The van der Waals surface area contributed by atoms with Crippen molar-refractivity contribution in [1.82, 2.24) is 21.3 Å². The first kappa shape index (κ1) is 19.4. The maximum atomic E-state index is 12.0. The molecule has 0 spiro atoms. The SMILES string of the molecule is NC(=O)CC(NC(=O)C1CCCN1)C(=O)NCC(=O)NCC(=O)O. The molecule has 0 radical (unpaired) electrons. The smallest absolute Gasteiger partial charge is 0.322 e. The van der Waals surface area contributed by atoms with Crippen molar-refractivity contribution in [2.45, 2.75) is 31.3 Å². The predicted molar refractivity (Wildman–Crippen MR) is 80.4 cm³/mol. The number of amides is 4. The van der Waals surface area contributed by atoms with Gasteiger partial charge in [-0.1, -0.05) is 0 Å². The summed E-state index contributed by atoms with van der Waals surface area (Å²) in [6, 6.07) is -1.64. The largest absolute Gasteiger partial charge is 0.480 e. The molecule has 11 heteroatoms. The van der Waals surface area contributed by atoms with E-state index in [1.807, 2.05) is 0 Å². The van der Waals surface area contributed by atoms with Crippen LogP contribution in [0, 0.1) is 0 Å². The molecular weight excluding hydrogens is 322 g/mol. The van der Waals surface area contributed by atoms with Gasteiger partial charge in [0.2, 0.25) is 23.6 Å². The molecule has 1 heterocycles. The highest BCUT2D eigenvalue weighted by molar-refractivity contribution is 5.94. The van der Waals surface area contributed by atoms with Crippen LogP contribution >= 0.6 is 0 Å². The molecule has 1 fully saturated rings. The lowest BCUT2D eigenvalue weighted by Crippen LogP contribution is -2.53. The van der Waals surface area contributed by atoms with Gasteiger partial charge in [0.1, 0.15) is 12.6 Å². The van der Waals surface area contributed by atoms with Gasteiger partial charge >= 0.3 is 5.97 Å². The van der Waals surface area contributed by atoms with E-state index in [1.54, 1.807) is 0 Å². The van der Waals surface area contributed by atoms with Crippen molar-refractivity contribution in [3.8, 4) is 0 Å². The topological polar surface area (TPSA) is 180 Å². The first-order chi connectivity index (χ1) is 11.3.